The van der Waals surface area contributed by atoms with Crippen LogP contribution in [0.15, 0.2) is 53.0 Å². The maximum atomic E-state index is 3.47. The van der Waals surface area contributed by atoms with Crippen molar-refractivity contribution in [2.75, 3.05) is 7.05 Å². The van der Waals surface area contributed by atoms with Gasteiger partial charge in [-0.05, 0) is 50.1 Å². The van der Waals surface area contributed by atoms with E-state index < -0.39 is 0 Å². The number of benzene rings is 2. The minimum absolute atomic E-state index is 0.476. The number of hydrogen-bond acceptors (Lipinski definition) is 1. The lowest BCUT2D eigenvalue weighted by Crippen LogP contribution is -2.29. The Labute approximate surface area is 124 Å². The first-order valence-corrected chi connectivity index (χ1v) is 7.44. The van der Waals surface area contributed by atoms with E-state index >= 15 is 0 Å². The van der Waals surface area contributed by atoms with Gasteiger partial charge < -0.3 is 5.32 Å². The van der Waals surface area contributed by atoms with Crippen molar-refractivity contribution in [1.82, 2.24) is 5.32 Å². The minimum atomic E-state index is 0.476. The highest BCUT2D eigenvalue weighted by molar-refractivity contribution is 9.10. The molecule has 1 atom stereocenters. The van der Waals surface area contributed by atoms with Crippen molar-refractivity contribution in [1.29, 1.82) is 0 Å². The third-order valence-electron chi connectivity index (χ3n) is 3.41. The molecule has 0 radical (unpaired) electrons. The number of rotatable bonds is 5. The molecule has 0 saturated heterocycles. The summed E-state index contributed by atoms with van der Waals surface area (Å²) in [7, 11) is 2.04. The van der Waals surface area contributed by atoms with E-state index in [4.69, 9.17) is 0 Å². The van der Waals surface area contributed by atoms with Gasteiger partial charge in [-0.2, -0.15) is 0 Å². The Morgan fingerprint density at radius 1 is 0.895 bits per heavy atom. The van der Waals surface area contributed by atoms with Crippen molar-refractivity contribution in [3.63, 3.8) is 0 Å². The second-order valence-electron chi connectivity index (χ2n) is 5.01. The number of aryl methyl sites for hydroxylation is 1. The summed E-state index contributed by atoms with van der Waals surface area (Å²) in [4.78, 5) is 0. The van der Waals surface area contributed by atoms with Crippen molar-refractivity contribution in [2.45, 2.75) is 25.8 Å². The van der Waals surface area contributed by atoms with Crippen molar-refractivity contribution in [3.05, 3.63) is 69.7 Å². The fraction of sp³-hybridized carbons (Fsp3) is 0.294. The molecule has 0 amide bonds. The lowest BCUT2D eigenvalue weighted by Gasteiger charge is -2.16. The molecular weight excluding hydrogens is 298 g/mol. The van der Waals surface area contributed by atoms with Crippen molar-refractivity contribution in [3.8, 4) is 0 Å². The zero-order valence-corrected chi connectivity index (χ0v) is 13.1. The molecule has 1 unspecified atom stereocenters. The van der Waals surface area contributed by atoms with Crippen LogP contribution in [-0.4, -0.2) is 13.1 Å². The van der Waals surface area contributed by atoms with Gasteiger partial charge in [0.25, 0.3) is 0 Å². The van der Waals surface area contributed by atoms with Crippen LogP contribution in [-0.2, 0) is 12.8 Å². The Morgan fingerprint density at radius 3 is 1.84 bits per heavy atom. The molecule has 0 aliphatic carbocycles. The zero-order chi connectivity index (χ0) is 13.7. The van der Waals surface area contributed by atoms with Gasteiger partial charge in [0, 0.05) is 10.5 Å². The lowest BCUT2D eigenvalue weighted by molar-refractivity contribution is 0.556. The minimum Gasteiger partial charge on any atom is -0.316 e. The summed E-state index contributed by atoms with van der Waals surface area (Å²) in [6.45, 7) is 2.13. The standard InChI is InChI=1S/C17H20BrN/c1-13-3-5-14(6-4-13)11-17(19-2)12-15-7-9-16(18)10-8-15/h3-10,17,19H,11-12H2,1-2H3. The van der Waals surface area contributed by atoms with Crippen LogP contribution in [0.1, 0.15) is 16.7 Å². The predicted molar refractivity (Wildman–Crippen MR) is 85.6 cm³/mol. The smallest absolute Gasteiger partial charge is 0.0175 e. The molecule has 0 aliphatic heterocycles. The van der Waals surface area contributed by atoms with E-state index in [-0.39, 0.29) is 0 Å². The van der Waals surface area contributed by atoms with Gasteiger partial charge in [-0.25, -0.2) is 0 Å². The largest absolute Gasteiger partial charge is 0.316 e. The highest BCUT2D eigenvalue weighted by atomic mass is 79.9. The monoisotopic (exact) mass is 317 g/mol. The van der Waals surface area contributed by atoms with E-state index in [1.54, 1.807) is 0 Å². The van der Waals surface area contributed by atoms with E-state index in [1.165, 1.54) is 16.7 Å². The van der Waals surface area contributed by atoms with Gasteiger partial charge >= 0.3 is 0 Å². The topological polar surface area (TPSA) is 12.0 Å². The van der Waals surface area contributed by atoms with Gasteiger partial charge in [0.15, 0.2) is 0 Å². The van der Waals surface area contributed by atoms with Gasteiger partial charge in [0.1, 0.15) is 0 Å². The van der Waals surface area contributed by atoms with Crippen LogP contribution in [0.3, 0.4) is 0 Å². The Kier molecular flexibility index (Phi) is 5.17. The Bertz CT molecular complexity index is 454. The Hall–Kier alpha value is -1.12. The quantitative estimate of drug-likeness (QED) is 0.874. The Balaban J connectivity index is 2.00. The van der Waals surface area contributed by atoms with Crippen LogP contribution in [0.2, 0.25) is 0 Å². The van der Waals surface area contributed by atoms with E-state index in [2.05, 4.69) is 76.7 Å². The summed E-state index contributed by atoms with van der Waals surface area (Å²) in [5, 5.41) is 3.42. The van der Waals surface area contributed by atoms with E-state index in [9.17, 15) is 0 Å². The normalized spacial score (nSPS) is 12.4. The predicted octanol–water partition coefficient (Wildman–Crippen LogP) is 4.13. The molecule has 0 spiro atoms. The first-order valence-electron chi connectivity index (χ1n) is 6.64. The molecule has 1 nitrogen and oxygen atoms in total. The first-order chi connectivity index (χ1) is 9.17. The lowest BCUT2D eigenvalue weighted by atomic mass is 9.98. The van der Waals surface area contributed by atoms with Crippen LogP contribution < -0.4 is 5.32 Å². The van der Waals surface area contributed by atoms with Gasteiger partial charge in [-0.1, -0.05) is 57.9 Å². The van der Waals surface area contributed by atoms with Gasteiger partial charge in [-0.3, -0.25) is 0 Å². The summed E-state index contributed by atoms with van der Waals surface area (Å²) >= 11 is 3.47. The second-order valence-corrected chi connectivity index (χ2v) is 5.92. The molecule has 2 rings (SSSR count). The number of halogens is 1. The third kappa shape index (κ3) is 4.48. The molecule has 1 N–H and O–H groups in total. The molecule has 100 valence electrons. The van der Waals surface area contributed by atoms with Gasteiger partial charge in [0.2, 0.25) is 0 Å². The summed E-state index contributed by atoms with van der Waals surface area (Å²) in [5.74, 6) is 0. The van der Waals surface area contributed by atoms with Crippen LogP contribution in [0, 0.1) is 6.92 Å². The van der Waals surface area contributed by atoms with Crippen LogP contribution in [0.4, 0.5) is 0 Å². The van der Waals surface area contributed by atoms with Crippen LogP contribution in [0.5, 0.6) is 0 Å². The molecular formula is C17H20BrN. The van der Waals surface area contributed by atoms with Gasteiger partial charge in [0.05, 0.1) is 0 Å². The van der Waals surface area contributed by atoms with Crippen LogP contribution >= 0.6 is 15.9 Å². The molecule has 2 heteroatoms. The molecule has 2 aromatic rings. The van der Waals surface area contributed by atoms with Crippen molar-refractivity contribution < 1.29 is 0 Å². The summed E-state index contributed by atoms with van der Waals surface area (Å²) in [6, 6.07) is 17.9. The zero-order valence-electron chi connectivity index (χ0n) is 11.5. The molecule has 2 aromatic carbocycles. The number of likely N-dealkylation sites (N-methyl/N-ethyl adjacent to an activating group) is 1. The highest BCUT2D eigenvalue weighted by Gasteiger charge is 2.08. The van der Waals surface area contributed by atoms with E-state index in [0.717, 1.165) is 17.3 Å². The molecule has 19 heavy (non-hydrogen) atoms. The van der Waals surface area contributed by atoms with Crippen molar-refractivity contribution in [2.24, 2.45) is 0 Å². The number of nitrogens with one attached hydrogen (secondary N) is 1. The van der Waals surface area contributed by atoms with E-state index in [1.807, 2.05) is 7.05 Å². The fourth-order valence-electron chi connectivity index (χ4n) is 2.19. The van der Waals surface area contributed by atoms with Crippen LogP contribution in [0.25, 0.3) is 0 Å². The average Bonchev–Trinajstić information content (AvgIpc) is 2.43. The highest BCUT2D eigenvalue weighted by Crippen LogP contribution is 2.14. The summed E-state index contributed by atoms with van der Waals surface area (Å²) < 4.78 is 1.13. The molecule has 0 fully saturated rings. The molecule has 0 aliphatic rings. The third-order valence-corrected chi connectivity index (χ3v) is 3.93. The molecule has 0 aromatic heterocycles. The maximum absolute atomic E-state index is 3.47. The van der Waals surface area contributed by atoms with Crippen molar-refractivity contribution >= 4 is 15.9 Å². The average molecular weight is 318 g/mol. The summed E-state index contributed by atoms with van der Waals surface area (Å²) in [5.41, 5.74) is 4.08. The maximum Gasteiger partial charge on any atom is 0.0175 e. The fourth-order valence-corrected chi connectivity index (χ4v) is 2.45. The SMILES string of the molecule is CNC(Cc1ccc(C)cc1)Cc1ccc(Br)cc1. The molecule has 0 bridgehead atoms. The van der Waals surface area contributed by atoms with E-state index in [0.29, 0.717) is 6.04 Å². The second kappa shape index (κ2) is 6.88. The van der Waals surface area contributed by atoms with Gasteiger partial charge in [-0.15, -0.1) is 0 Å². The first kappa shape index (κ1) is 14.3. The molecule has 0 saturated carbocycles. The number of hydrogen-bond donors (Lipinski definition) is 1. The summed E-state index contributed by atoms with van der Waals surface area (Å²) in [6.07, 6.45) is 2.12. The molecule has 0 heterocycles. The Morgan fingerprint density at radius 2 is 1.37 bits per heavy atom.